The van der Waals surface area contributed by atoms with E-state index in [4.69, 9.17) is 4.74 Å². The molecule has 0 aliphatic rings. The number of nitrogens with one attached hydrogen (secondary N) is 1. The number of hydrogen-bond acceptors (Lipinski definition) is 3. The van der Waals surface area contributed by atoms with E-state index in [0.717, 1.165) is 47.9 Å². The van der Waals surface area contributed by atoms with Gasteiger partial charge in [-0.25, -0.2) is 5.43 Å². The normalized spacial score (nSPS) is 10.9. The van der Waals surface area contributed by atoms with Crippen molar-refractivity contribution < 1.29 is 9.53 Å². The Kier molecular flexibility index (Phi) is 9.05. The Morgan fingerprint density at radius 2 is 1.85 bits per heavy atom. The number of benzene rings is 2. The van der Waals surface area contributed by atoms with Crippen molar-refractivity contribution in [1.82, 2.24) is 5.43 Å². The van der Waals surface area contributed by atoms with Gasteiger partial charge in [0.05, 0.1) is 12.8 Å². The fourth-order valence-corrected chi connectivity index (χ4v) is 2.89. The highest BCUT2D eigenvalue weighted by atomic mass is 79.9. The Balaban J connectivity index is 1.97. The van der Waals surface area contributed by atoms with Gasteiger partial charge in [0.2, 0.25) is 0 Å². The lowest BCUT2D eigenvalue weighted by Gasteiger charge is -2.09. The van der Waals surface area contributed by atoms with Crippen molar-refractivity contribution in [3.05, 3.63) is 63.6 Å². The molecule has 0 radical (unpaired) electrons. The number of carbonyl (C=O) groups is 1. The van der Waals surface area contributed by atoms with Crippen LogP contribution >= 0.6 is 15.9 Å². The van der Waals surface area contributed by atoms with Crippen molar-refractivity contribution >= 4 is 28.1 Å². The Labute approximate surface area is 170 Å². The van der Waals surface area contributed by atoms with Crippen LogP contribution < -0.4 is 10.2 Å². The predicted molar refractivity (Wildman–Crippen MR) is 115 cm³/mol. The fourth-order valence-electron chi connectivity index (χ4n) is 2.51. The molecule has 2 aromatic carbocycles. The predicted octanol–water partition coefficient (Wildman–Crippen LogP) is 5.73. The number of unbranched alkanes of at least 4 members (excludes halogenated alkanes) is 2. The first kappa shape index (κ1) is 21.2. The summed E-state index contributed by atoms with van der Waals surface area (Å²) >= 11 is 3.46. The van der Waals surface area contributed by atoms with Crippen molar-refractivity contribution in [2.45, 2.75) is 46.0 Å². The molecular weight excluding hydrogens is 404 g/mol. The van der Waals surface area contributed by atoms with Gasteiger partial charge in [-0.1, -0.05) is 54.8 Å². The number of aryl methyl sites for hydroxylation is 1. The second-order valence-electron chi connectivity index (χ2n) is 6.38. The lowest BCUT2D eigenvalue weighted by molar-refractivity contribution is 0.0955. The van der Waals surface area contributed by atoms with Gasteiger partial charge >= 0.3 is 0 Å². The molecule has 0 bridgehead atoms. The highest BCUT2D eigenvalue weighted by Crippen LogP contribution is 2.22. The molecular formula is C22H27BrN2O2. The zero-order valence-corrected chi connectivity index (χ0v) is 17.6. The molecule has 2 aromatic rings. The Hall–Kier alpha value is -2.14. The summed E-state index contributed by atoms with van der Waals surface area (Å²) in [5, 5.41) is 4.09. The highest BCUT2D eigenvalue weighted by molar-refractivity contribution is 9.10. The van der Waals surface area contributed by atoms with E-state index in [1.165, 1.54) is 5.56 Å². The van der Waals surface area contributed by atoms with E-state index >= 15 is 0 Å². The molecule has 0 heterocycles. The summed E-state index contributed by atoms with van der Waals surface area (Å²) in [6.45, 7) is 4.96. The molecule has 0 aliphatic heterocycles. The van der Waals surface area contributed by atoms with Crippen LogP contribution in [-0.2, 0) is 6.42 Å². The number of nitrogens with zero attached hydrogens (tertiary/aromatic N) is 1. The van der Waals surface area contributed by atoms with Crippen molar-refractivity contribution in [3.63, 3.8) is 0 Å². The maximum Gasteiger partial charge on any atom is 0.271 e. The molecule has 0 spiro atoms. The molecule has 0 fully saturated rings. The van der Waals surface area contributed by atoms with Crippen molar-refractivity contribution in [3.8, 4) is 5.75 Å². The minimum absolute atomic E-state index is 0.225. The third kappa shape index (κ3) is 7.18. The van der Waals surface area contributed by atoms with Crippen LogP contribution in [0.25, 0.3) is 0 Å². The van der Waals surface area contributed by atoms with Crippen LogP contribution in [0.5, 0.6) is 5.75 Å². The number of hydrazone groups is 1. The second-order valence-corrected chi connectivity index (χ2v) is 7.30. The minimum Gasteiger partial charge on any atom is -0.493 e. The van der Waals surface area contributed by atoms with Gasteiger partial charge in [-0.15, -0.1) is 0 Å². The third-order valence-corrected chi connectivity index (χ3v) is 4.63. The highest BCUT2D eigenvalue weighted by Gasteiger charge is 2.06. The van der Waals surface area contributed by atoms with Crippen LogP contribution in [0.1, 0.15) is 61.0 Å². The van der Waals surface area contributed by atoms with E-state index in [-0.39, 0.29) is 5.91 Å². The molecule has 27 heavy (non-hydrogen) atoms. The smallest absolute Gasteiger partial charge is 0.271 e. The third-order valence-electron chi connectivity index (χ3n) is 4.13. The van der Waals surface area contributed by atoms with Crippen molar-refractivity contribution in [2.75, 3.05) is 6.61 Å². The van der Waals surface area contributed by atoms with Gasteiger partial charge in [0.25, 0.3) is 5.91 Å². The van der Waals surface area contributed by atoms with Crippen LogP contribution in [0.2, 0.25) is 0 Å². The molecule has 1 N–H and O–H groups in total. The number of hydrogen-bond donors (Lipinski definition) is 1. The monoisotopic (exact) mass is 430 g/mol. The Morgan fingerprint density at radius 1 is 1.11 bits per heavy atom. The quantitative estimate of drug-likeness (QED) is 0.297. The van der Waals surface area contributed by atoms with E-state index in [2.05, 4.69) is 40.3 Å². The average Bonchev–Trinajstić information content (AvgIpc) is 2.68. The van der Waals surface area contributed by atoms with Gasteiger partial charge in [0, 0.05) is 15.6 Å². The lowest BCUT2D eigenvalue weighted by Crippen LogP contribution is -2.17. The lowest BCUT2D eigenvalue weighted by atomic mass is 10.1. The molecule has 144 valence electrons. The largest absolute Gasteiger partial charge is 0.493 e. The van der Waals surface area contributed by atoms with E-state index in [1.54, 1.807) is 6.21 Å². The SMILES string of the molecule is CCCCOc1ccc(Br)cc1/C=N/NC(=O)c1ccc(CCCC)cc1. The molecule has 5 heteroatoms. The van der Waals surface area contributed by atoms with Crippen LogP contribution in [0.3, 0.4) is 0 Å². The Bertz CT molecular complexity index is 757. The van der Waals surface area contributed by atoms with Gasteiger partial charge in [-0.05, 0) is 55.2 Å². The molecule has 1 amide bonds. The number of carbonyl (C=O) groups excluding carboxylic acids is 1. The van der Waals surface area contributed by atoms with E-state index in [0.29, 0.717) is 12.2 Å². The van der Waals surface area contributed by atoms with Gasteiger partial charge in [0.1, 0.15) is 5.75 Å². The maximum absolute atomic E-state index is 12.3. The topological polar surface area (TPSA) is 50.7 Å². The Morgan fingerprint density at radius 3 is 2.56 bits per heavy atom. The number of halogens is 1. The molecule has 4 nitrogen and oxygen atoms in total. The van der Waals surface area contributed by atoms with Crippen LogP contribution in [0, 0.1) is 0 Å². The summed E-state index contributed by atoms with van der Waals surface area (Å²) < 4.78 is 6.73. The summed E-state index contributed by atoms with van der Waals surface area (Å²) in [5.41, 5.74) is 5.25. The summed E-state index contributed by atoms with van der Waals surface area (Å²) in [6, 6.07) is 13.4. The van der Waals surface area contributed by atoms with Crippen LogP contribution in [0.4, 0.5) is 0 Å². The number of rotatable bonds is 10. The van der Waals surface area contributed by atoms with E-state index in [1.807, 2.05) is 42.5 Å². The molecule has 0 atom stereocenters. The summed E-state index contributed by atoms with van der Waals surface area (Å²) in [7, 11) is 0. The number of ether oxygens (including phenoxy) is 1. The zero-order valence-electron chi connectivity index (χ0n) is 16.0. The second kappa shape index (κ2) is 11.5. The first-order valence-corrected chi connectivity index (χ1v) is 10.3. The van der Waals surface area contributed by atoms with Crippen LogP contribution in [-0.4, -0.2) is 18.7 Å². The van der Waals surface area contributed by atoms with Gasteiger partial charge in [0.15, 0.2) is 0 Å². The first-order valence-electron chi connectivity index (χ1n) is 9.48. The van der Waals surface area contributed by atoms with Crippen molar-refractivity contribution in [1.29, 1.82) is 0 Å². The first-order chi connectivity index (χ1) is 13.1. The number of amides is 1. The standard InChI is InChI=1S/C22H27BrN2O2/c1-3-5-7-17-8-10-18(11-9-17)22(26)25-24-16-19-15-20(23)12-13-21(19)27-14-6-4-2/h8-13,15-16H,3-7,14H2,1-2H3,(H,25,26)/b24-16+. The fraction of sp³-hybridized carbons (Fsp3) is 0.364. The summed E-state index contributed by atoms with van der Waals surface area (Å²) in [6.07, 6.45) is 7.05. The molecule has 0 saturated heterocycles. The molecule has 0 unspecified atom stereocenters. The minimum atomic E-state index is -0.225. The summed E-state index contributed by atoms with van der Waals surface area (Å²) in [4.78, 5) is 12.3. The van der Waals surface area contributed by atoms with E-state index < -0.39 is 0 Å². The van der Waals surface area contributed by atoms with Gasteiger partial charge in [-0.3, -0.25) is 4.79 Å². The maximum atomic E-state index is 12.3. The molecule has 0 aromatic heterocycles. The zero-order chi connectivity index (χ0) is 19.5. The van der Waals surface area contributed by atoms with Gasteiger partial charge < -0.3 is 4.74 Å². The molecule has 0 saturated carbocycles. The van der Waals surface area contributed by atoms with Crippen LogP contribution in [0.15, 0.2) is 52.0 Å². The van der Waals surface area contributed by atoms with Crippen molar-refractivity contribution in [2.24, 2.45) is 5.10 Å². The molecule has 0 aliphatic carbocycles. The molecule has 2 rings (SSSR count). The summed E-state index contributed by atoms with van der Waals surface area (Å²) in [5.74, 6) is 0.529. The van der Waals surface area contributed by atoms with E-state index in [9.17, 15) is 4.79 Å². The van der Waals surface area contributed by atoms with Gasteiger partial charge in [-0.2, -0.15) is 5.10 Å². The average molecular weight is 431 g/mol.